The van der Waals surface area contributed by atoms with E-state index in [0.717, 1.165) is 25.5 Å². The van der Waals surface area contributed by atoms with Crippen LogP contribution in [0.2, 0.25) is 0 Å². The minimum atomic E-state index is -2.55. The quantitative estimate of drug-likeness (QED) is 0.684. The molecule has 2 aliphatic carbocycles. The first-order valence-corrected chi connectivity index (χ1v) is 7.50. The van der Waals surface area contributed by atoms with E-state index in [1.807, 2.05) is 13.0 Å². The number of hydrogen-bond acceptors (Lipinski definition) is 1. The van der Waals surface area contributed by atoms with Gasteiger partial charge in [-0.2, -0.15) is 0 Å². The van der Waals surface area contributed by atoms with E-state index in [1.165, 1.54) is 5.57 Å². The van der Waals surface area contributed by atoms with Crippen molar-refractivity contribution in [1.29, 1.82) is 0 Å². The smallest absolute Gasteiger partial charge is 0.248 e. The lowest BCUT2D eigenvalue weighted by atomic mass is 9.84. The third kappa shape index (κ3) is 3.71. The third-order valence-corrected chi connectivity index (χ3v) is 4.30. The first kappa shape index (κ1) is 15.3. The molecule has 1 fully saturated rings. The van der Waals surface area contributed by atoms with Crippen molar-refractivity contribution in [1.82, 2.24) is 0 Å². The molecule has 1 unspecified atom stereocenters. The van der Waals surface area contributed by atoms with Crippen molar-refractivity contribution in [3.05, 3.63) is 35.6 Å². The Bertz CT molecular complexity index is 421. The molecule has 0 aliphatic heterocycles. The first-order valence-electron chi connectivity index (χ1n) is 7.50. The highest BCUT2D eigenvalue weighted by Crippen LogP contribution is 2.38. The SMILES string of the molecule is C/C=C\C1=CC(OC2CCC(C(C)(F)F)CC2)=CC1C. The van der Waals surface area contributed by atoms with Gasteiger partial charge in [0.25, 0.3) is 0 Å². The molecule has 2 rings (SSSR count). The Morgan fingerprint density at radius 1 is 1.25 bits per heavy atom. The second-order valence-corrected chi connectivity index (χ2v) is 6.05. The zero-order valence-electron chi connectivity index (χ0n) is 12.5. The second-order valence-electron chi connectivity index (χ2n) is 6.05. The first-order chi connectivity index (χ1) is 9.40. The molecule has 0 heterocycles. The highest BCUT2D eigenvalue weighted by atomic mass is 19.3. The summed E-state index contributed by atoms with van der Waals surface area (Å²) in [7, 11) is 0. The van der Waals surface area contributed by atoms with Gasteiger partial charge in [0.1, 0.15) is 5.76 Å². The van der Waals surface area contributed by atoms with Crippen molar-refractivity contribution in [3.63, 3.8) is 0 Å². The zero-order valence-corrected chi connectivity index (χ0v) is 12.5. The molecule has 0 aromatic carbocycles. The molecule has 0 radical (unpaired) electrons. The fourth-order valence-electron chi connectivity index (χ4n) is 3.03. The Hall–Kier alpha value is -1.12. The summed E-state index contributed by atoms with van der Waals surface area (Å²) in [6.07, 6.45) is 10.9. The van der Waals surface area contributed by atoms with E-state index >= 15 is 0 Å². The van der Waals surface area contributed by atoms with E-state index < -0.39 is 11.8 Å². The van der Waals surface area contributed by atoms with Gasteiger partial charge in [0.2, 0.25) is 5.92 Å². The number of halogens is 2. The number of ether oxygens (including phenoxy) is 1. The molecule has 0 bridgehead atoms. The molecular formula is C17H24F2O. The summed E-state index contributed by atoms with van der Waals surface area (Å²) in [5.74, 6) is -1.76. The summed E-state index contributed by atoms with van der Waals surface area (Å²) in [6, 6.07) is 0. The fraction of sp³-hybridized carbons (Fsp3) is 0.647. The van der Waals surface area contributed by atoms with Crippen molar-refractivity contribution >= 4 is 0 Å². The molecule has 0 amide bonds. The third-order valence-electron chi connectivity index (χ3n) is 4.30. The lowest BCUT2D eigenvalue weighted by molar-refractivity contribution is -0.0677. The van der Waals surface area contributed by atoms with E-state index in [4.69, 9.17) is 4.74 Å². The summed E-state index contributed by atoms with van der Waals surface area (Å²) in [5.41, 5.74) is 1.25. The van der Waals surface area contributed by atoms with E-state index in [9.17, 15) is 8.78 Å². The number of rotatable bonds is 4. The van der Waals surface area contributed by atoms with Crippen LogP contribution in [0.3, 0.4) is 0 Å². The van der Waals surface area contributed by atoms with Crippen molar-refractivity contribution in [2.75, 3.05) is 0 Å². The van der Waals surface area contributed by atoms with Crippen LogP contribution < -0.4 is 0 Å². The van der Waals surface area contributed by atoms with Gasteiger partial charge >= 0.3 is 0 Å². The van der Waals surface area contributed by atoms with Gasteiger partial charge in [-0.15, -0.1) is 0 Å². The standard InChI is InChI=1S/C17H24F2O/c1-4-5-13-11-16(10-12(13)2)20-15-8-6-14(7-9-15)17(3,18)19/h4-5,10-12,14-15H,6-9H2,1-3H3/b5-4-. The molecule has 3 heteroatoms. The molecule has 2 aliphatic rings. The Kier molecular flexibility index (Phi) is 4.66. The van der Waals surface area contributed by atoms with Crippen LogP contribution in [0.4, 0.5) is 8.78 Å². The number of hydrogen-bond donors (Lipinski definition) is 0. The van der Waals surface area contributed by atoms with Gasteiger partial charge < -0.3 is 4.74 Å². The van der Waals surface area contributed by atoms with E-state index in [0.29, 0.717) is 18.8 Å². The topological polar surface area (TPSA) is 9.23 Å². The van der Waals surface area contributed by atoms with Crippen molar-refractivity contribution in [2.24, 2.45) is 11.8 Å². The maximum Gasteiger partial charge on any atom is 0.248 e. The summed E-state index contributed by atoms with van der Waals surface area (Å²) >= 11 is 0. The monoisotopic (exact) mass is 282 g/mol. The van der Waals surface area contributed by atoms with Crippen molar-refractivity contribution < 1.29 is 13.5 Å². The van der Waals surface area contributed by atoms with Gasteiger partial charge in [-0.25, -0.2) is 8.78 Å². The van der Waals surface area contributed by atoms with Crippen LogP contribution in [-0.4, -0.2) is 12.0 Å². The predicted octanol–water partition coefficient (Wildman–Crippen LogP) is 5.25. The Balaban J connectivity index is 1.86. The van der Waals surface area contributed by atoms with Gasteiger partial charge in [-0.1, -0.05) is 19.1 Å². The van der Waals surface area contributed by atoms with Crippen LogP contribution in [0.5, 0.6) is 0 Å². The van der Waals surface area contributed by atoms with E-state index in [2.05, 4.69) is 25.2 Å². The lowest BCUT2D eigenvalue weighted by Crippen LogP contribution is -2.31. The van der Waals surface area contributed by atoms with E-state index in [-0.39, 0.29) is 6.10 Å². The molecule has 1 atom stereocenters. The van der Waals surface area contributed by atoms with Crippen molar-refractivity contribution in [2.45, 2.75) is 58.5 Å². The van der Waals surface area contributed by atoms with Gasteiger partial charge in [0.15, 0.2) is 0 Å². The molecule has 0 aromatic rings. The molecule has 0 spiro atoms. The highest BCUT2D eigenvalue weighted by Gasteiger charge is 2.37. The van der Waals surface area contributed by atoms with Crippen molar-refractivity contribution in [3.8, 4) is 0 Å². The maximum atomic E-state index is 13.3. The van der Waals surface area contributed by atoms with Crippen LogP contribution in [0, 0.1) is 11.8 Å². The van der Waals surface area contributed by atoms with Crippen LogP contribution in [0.15, 0.2) is 35.6 Å². The minimum Gasteiger partial charge on any atom is -0.491 e. The highest BCUT2D eigenvalue weighted by molar-refractivity contribution is 5.38. The molecular weight excluding hydrogens is 258 g/mol. The molecule has 0 aromatic heterocycles. The Labute approximate surface area is 120 Å². The van der Waals surface area contributed by atoms with E-state index in [1.54, 1.807) is 0 Å². The average molecular weight is 282 g/mol. The Morgan fingerprint density at radius 3 is 2.45 bits per heavy atom. The average Bonchev–Trinajstić information content (AvgIpc) is 2.70. The van der Waals surface area contributed by atoms with Gasteiger partial charge in [0.05, 0.1) is 6.10 Å². The van der Waals surface area contributed by atoms with Crippen LogP contribution in [0.1, 0.15) is 46.5 Å². The molecule has 0 saturated heterocycles. The van der Waals surface area contributed by atoms with Gasteiger partial charge in [0, 0.05) is 11.8 Å². The fourth-order valence-corrected chi connectivity index (χ4v) is 3.03. The molecule has 0 N–H and O–H groups in total. The summed E-state index contributed by atoms with van der Waals surface area (Å²) in [6.45, 7) is 5.17. The van der Waals surface area contributed by atoms with Crippen LogP contribution >= 0.6 is 0 Å². The second kappa shape index (κ2) is 6.11. The molecule has 1 nitrogen and oxygen atoms in total. The molecule has 20 heavy (non-hydrogen) atoms. The maximum absolute atomic E-state index is 13.3. The van der Waals surface area contributed by atoms with Gasteiger partial charge in [-0.05, 0) is 57.3 Å². The summed E-state index contributed by atoms with van der Waals surface area (Å²) in [4.78, 5) is 0. The summed E-state index contributed by atoms with van der Waals surface area (Å²) < 4.78 is 32.5. The largest absolute Gasteiger partial charge is 0.491 e. The number of alkyl halides is 2. The molecule has 1 saturated carbocycles. The number of allylic oxidation sites excluding steroid dienone is 5. The normalized spacial score (nSPS) is 31.4. The van der Waals surface area contributed by atoms with Gasteiger partial charge in [-0.3, -0.25) is 0 Å². The molecule has 112 valence electrons. The lowest BCUT2D eigenvalue weighted by Gasteiger charge is -2.32. The summed E-state index contributed by atoms with van der Waals surface area (Å²) in [5, 5.41) is 0. The zero-order chi connectivity index (χ0) is 14.8. The predicted molar refractivity (Wildman–Crippen MR) is 77.6 cm³/mol. The van der Waals surface area contributed by atoms with Crippen LogP contribution in [-0.2, 0) is 4.74 Å². The van der Waals surface area contributed by atoms with Crippen LogP contribution in [0.25, 0.3) is 0 Å². The Morgan fingerprint density at radius 2 is 1.90 bits per heavy atom. The minimum absolute atomic E-state index is 0.0910.